The number of nitrogens with one attached hydrogen (secondary N) is 1. The van der Waals surface area contributed by atoms with Crippen LogP contribution in [0.25, 0.3) is 11.3 Å². The fourth-order valence-corrected chi connectivity index (χ4v) is 3.91. The number of amides is 1. The van der Waals surface area contributed by atoms with Gasteiger partial charge in [0, 0.05) is 10.9 Å². The summed E-state index contributed by atoms with van der Waals surface area (Å²) < 4.78 is 40.6. The Morgan fingerprint density at radius 3 is 2.44 bits per heavy atom. The Labute approximate surface area is 193 Å². The van der Waals surface area contributed by atoms with Crippen LogP contribution in [0.1, 0.15) is 5.56 Å². The maximum Gasteiger partial charge on any atom is 0.573 e. The largest absolute Gasteiger partial charge is 0.573 e. The van der Waals surface area contributed by atoms with Crippen molar-refractivity contribution >= 4 is 45.6 Å². The molecule has 1 aromatic heterocycles. The lowest BCUT2D eigenvalue weighted by molar-refractivity contribution is -0.274. The summed E-state index contributed by atoms with van der Waals surface area (Å²) in [5, 5.41) is 23.4. The van der Waals surface area contributed by atoms with Crippen molar-refractivity contribution in [2.75, 3.05) is 5.32 Å². The highest BCUT2D eigenvalue weighted by molar-refractivity contribution is 7.14. The zero-order chi connectivity index (χ0) is 23.5. The first-order valence-corrected chi connectivity index (χ1v) is 10.4. The second-order valence-corrected chi connectivity index (χ2v) is 8.07. The quantitative estimate of drug-likeness (QED) is 0.429. The second kappa shape index (κ2) is 9.65. The van der Waals surface area contributed by atoms with E-state index < -0.39 is 18.2 Å². The van der Waals surface area contributed by atoms with Gasteiger partial charge < -0.3 is 15.2 Å². The lowest BCUT2D eigenvalue weighted by atomic mass is 10.00. The number of hydrogen-bond acceptors (Lipinski definition) is 6. The molecule has 32 heavy (non-hydrogen) atoms. The Morgan fingerprint density at radius 1 is 1.25 bits per heavy atom. The Bertz CT molecular complexity index is 1150. The summed E-state index contributed by atoms with van der Waals surface area (Å²) in [5.41, 5.74) is 1.43. The molecule has 0 radical (unpaired) electrons. The van der Waals surface area contributed by atoms with Gasteiger partial charge in [-0.1, -0.05) is 23.2 Å². The molecule has 6 nitrogen and oxygen atoms in total. The number of anilines is 1. The average Bonchev–Trinajstić information content (AvgIpc) is 3.17. The molecule has 0 fully saturated rings. The first-order chi connectivity index (χ1) is 15.1. The molecule has 1 atom stereocenters. The van der Waals surface area contributed by atoms with Gasteiger partial charge in [0.2, 0.25) is 5.91 Å². The molecule has 0 bridgehead atoms. The minimum Gasteiger partial charge on any atom is -0.505 e. The number of nitrogens with zero attached hydrogens (tertiary/aromatic N) is 2. The molecule has 1 unspecified atom stereocenters. The third-order valence-electron chi connectivity index (χ3n) is 4.11. The smallest absolute Gasteiger partial charge is 0.505 e. The molecule has 0 spiro atoms. The Hall–Kier alpha value is -3.00. The molecule has 1 amide bonds. The number of halogens is 5. The third kappa shape index (κ3) is 6.03. The van der Waals surface area contributed by atoms with E-state index in [-0.39, 0.29) is 33.1 Å². The molecule has 0 aliphatic carbocycles. The number of phenols is 1. The van der Waals surface area contributed by atoms with E-state index in [0.29, 0.717) is 16.8 Å². The van der Waals surface area contributed by atoms with Crippen molar-refractivity contribution in [2.45, 2.75) is 12.8 Å². The van der Waals surface area contributed by atoms with Gasteiger partial charge in [0.25, 0.3) is 0 Å². The Morgan fingerprint density at radius 2 is 1.88 bits per heavy atom. The summed E-state index contributed by atoms with van der Waals surface area (Å²) in [5.74, 6) is -2.35. The topological polar surface area (TPSA) is 95.2 Å². The van der Waals surface area contributed by atoms with Crippen LogP contribution in [0.2, 0.25) is 10.0 Å². The van der Waals surface area contributed by atoms with Gasteiger partial charge in [-0.05, 0) is 48.4 Å². The molecule has 3 aromatic rings. The number of aromatic hydroxyl groups is 1. The van der Waals surface area contributed by atoms with Crippen LogP contribution < -0.4 is 10.1 Å². The summed E-state index contributed by atoms with van der Waals surface area (Å²) in [6.45, 7) is 0. The maximum absolute atomic E-state index is 12.5. The minimum absolute atomic E-state index is 0.000755. The highest BCUT2D eigenvalue weighted by Gasteiger charge is 2.31. The molecule has 0 saturated heterocycles. The van der Waals surface area contributed by atoms with Gasteiger partial charge >= 0.3 is 6.36 Å². The second-order valence-electron chi connectivity index (χ2n) is 6.39. The molecule has 0 saturated carbocycles. The molecule has 1 heterocycles. The van der Waals surface area contributed by atoms with E-state index in [2.05, 4.69) is 15.0 Å². The first-order valence-electron chi connectivity index (χ1n) is 8.75. The molecule has 2 aromatic carbocycles. The van der Waals surface area contributed by atoms with E-state index in [1.165, 1.54) is 24.3 Å². The molecule has 2 N–H and O–H groups in total. The number of carbonyl (C=O) groups is 1. The van der Waals surface area contributed by atoms with E-state index in [0.717, 1.165) is 23.5 Å². The van der Waals surface area contributed by atoms with Gasteiger partial charge in [0.1, 0.15) is 11.7 Å². The highest BCUT2D eigenvalue weighted by atomic mass is 35.5. The number of benzene rings is 2. The van der Waals surface area contributed by atoms with Crippen LogP contribution in [-0.2, 0) is 11.2 Å². The minimum atomic E-state index is -4.78. The van der Waals surface area contributed by atoms with Crippen LogP contribution in [0, 0.1) is 17.2 Å². The number of carbonyl (C=O) groups excluding carboxylic acids is 1. The number of phenolic OH excluding ortho intramolecular Hbond substituents is 1. The normalized spacial score (nSPS) is 12.1. The van der Waals surface area contributed by atoms with E-state index in [9.17, 15) is 28.3 Å². The maximum atomic E-state index is 12.5. The van der Waals surface area contributed by atoms with Gasteiger partial charge in [0.05, 0.1) is 21.8 Å². The Balaban J connectivity index is 1.67. The fraction of sp³-hybridized carbons (Fsp3) is 0.150. The van der Waals surface area contributed by atoms with Crippen molar-refractivity contribution in [1.29, 1.82) is 5.26 Å². The molecular weight excluding hydrogens is 490 g/mol. The molecular formula is C20H12Cl2F3N3O3S. The van der Waals surface area contributed by atoms with Crippen molar-refractivity contribution in [1.82, 2.24) is 4.98 Å². The molecule has 0 aliphatic heterocycles. The van der Waals surface area contributed by atoms with Gasteiger partial charge in [-0.2, -0.15) is 5.26 Å². The SMILES string of the molecule is N#CC(Cc1cc(Cl)c(O)c(Cl)c1)C(=O)Nc1nc(-c2ccc(OC(F)(F)F)cc2)cs1. The third-order valence-corrected chi connectivity index (χ3v) is 5.44. The monoisotopic (exact) mass is 501 g/mol. The molecule has 166 valence electrons. The number of aromatic nitrogens is 1. The van der Waals surface area contributed by atoms with Crippen molar-refractivity contribution < 1.29 is 27.8 Å². The predicted molar refractivity (Wildman–Crippen MR) is 114 cm³/mol. The van der Waals surface area contributed by atoms with Crippen molar-refractivity contribution in [2.24, 2.45) is 5.92 Å². The van der Waals surface area contributed by atoms with Crippen LogP contribution in [0.3, 0.4) is 0 Å². The highest BCUT2D eigenvalue weighted by Crippen LogP contribution is 2.34. The number of ether oxygens (including phenoxy) is 1. The molecule has 0 aliphatic rings. The average molecular weight is 502 g/mol. The lowest BCUT2D eigenvalue weighted by Crippen LogP contribution is -2.23. The Kier molecular flexibility index (Phi) is 7.13. The standard InChI is InChI=1S/C20H12Cl2F3N3O3S/c21-14-6-10(7-15(22)17(14)29)5-12(8-26)18(30)28-19-27-16(9-32-19)11-1-3-13(4-2-11)31-20(23,24)25/h1-4,6-7,9,12,29H,5H2,(H,27,28,30). The number of alkyl halides is 3. The van der Waals surface area contributed by atoms with Crippen LogP contribution in [0.15, 0.2) is 41.8 Å². The number of nitriles is 1. The van der Waals surface area contributed by atoms with E-state index in [1.807, 2.05) is 6.07 Å². The van der Waals surface area contributed by atoms with Crippen molar-refractivity contribution in [3.8, 4) is 28.8 Å². The molecule has 12 heteroatoms. The summed E-state index contributed by atoms with van der Waals surface area (Å²) in [7, 11) is 0. The van der Waals surface area contributed by atoms with Crippen molar-refractivity contribution in [3.05, 3.63) is 57.4 Å². The van der Waals surface area contributed by atoms with Crippen LogP contribution in [0.4, 0.5) is 18.3 Å². The van der Waals surface area contributed by atoms with Crippen LogP contribution in [0.5, 0.6) is 11.5 Å². The zero-order valence-corrected chi connectivity index (χ0v) is 18.1. The summed E-state index contributed by atoms with van der Waals surface area (Å²) in [6.07, 6.45) is -4.78. The predicted octanol–water partition coefficient (Wildman–Crippen LogP) is 6.04. The van der Waals surface area contributed by atoms with E-state index >= 15 is 0 Å². The zero-order valence-electron chi connectivity index (χ0n) is 15.8. The van der Waals surface area contributed by atoms with Gasteiger partial charge in [0.15, 0.2) is 10.9 Å². The van der Waals surface area contributed by atoms with E-state index in [1.54, 1.807) is 5.38 Å². The summed E-state index contributed by atoms with van der Waals surface area (Å²) in [6, 6.07) is 9.83. The summed E-state index contributed by atoms with van der Waals surface area (Å²) >= 11 is 12.8. The van der Waals surface area contributed by atoms with Crippen LogP contribution >= 0.6 is 34.5 Å². The lowest BCUT2D eigenvalue weighted by Gasteiger charge is -2.10. The van der Waals surface area contributed by atoms with Gasteiger partial charge in [-0.3, -0.25) is 4.79 Å². The van der Waals surface area contributed by atoms with Gasteiger partial charge in [-0.15, -0.1) is 24.5 Å². The number of hydrogen-bond donors (Lipinski definition) is 2. The fourth-order valence-electron chi connectivity index (χ4n) is 2.65. The number of thiazole rings is 1. The van der Waals surface area contributed by atoms with Gasteiger partial charge in [-0.25, -0.2) is 4.98 Å². The number of rotatable bonds is 6. The molecule has 3 rings (SSSR count). The summed E-state index contributed by atoms with van der Waals surface area (Å²) in [4.78, 5) is 16.7. The van der Waals surface area contributed by atoms with Crippen LogP contribution in [-0.4, -0.2) is 22.4 Å². The first kappa shape index (κ1) is 23.7. The van der Waals surface area contributed by atoms with Crippen molar-refractivity contribution in [3.63, 3.8) is 0 Å². The van der Waals surface area contributed by atoms with E-state index in [4.69, 9.17) is 23.2 Å².